The van der Waals surface area contributed by atoms with Gasteiger partial charge in [0, 0.05) is 20.0 Å². The van der Waals surface area contributed by atoms with Gasteiger partial charge < -0.3 is 9.80 Å². The van der Waals surface area contributed by atoms with Crippen LogP contribution in [0.5, 0.6) is 0 Å². The summed E-state index contributed by atoms with van der Waals surface area (Å²) in [6, 6.07) is 18.9. The molecule has 142 valence electrons. The molecule has 1 atom stereocenters. The number of hydrogen-bond acceptors (Lipinski definition) is 3. The van der Waals surface area contributed by atoms with Gasteiger partial charge in [-0.1, -0.05) is 48.5 Å². The van der Waals surface area contributed by atoms with Gasteiger partial charge in [0.05, 0.1) is 11.6 Å². The molecule has 1 aliphatic heterocycles. The highest BCUT2D eigenvalue weighted by atomic mass is 16.2. The Kier molecular flexibility index (Phi) is 5.32. The third-order valence-corrected chi connectivity index (χ3v) is 5.27. The zero-order chi connectivity index (χ0) is 20.3. The molecular weight excluding hydrogens is 350 g/mol. The molecule has 0 aliphatic carbocycles. The van der Waals surface area contributed by atoms with Crippen molar-refractivity contribution in [2.24, 2.45) is 0 Å². The number of hydrogen-bond donors (Lipinski definition) is 0. The summed E-state index contributed by atoms with van der Waals surface area (Å²) < 4.78 is 0. The third-order valence-electron chi connectivity index (χ3n) is 5.27. The van der Waals surface area contributed by atoms with Crippen LogP contribution in [0.1, 0.15) is 30.5 Å². The van der Waals surface area contributed by atoms with E-state index in [1.54, 1.807) is 42.3 Å². The zero-order valence-corrected chi connectivity index (χ0v) is 16.3. The maximum atomic E-state index is 13.3. The van der Waals surface area contributed by atoms with Gasteiger partial charge in [0.25, 0.3) is 11.8 Å². The average Bonchev–Trinajstić information content (AvgIpc) is 2.71. The molecule has 0 bridgehead atoms. The fourth-order valence-electron chi connectivity index (χ4n) is 3.78. The van der Waals surface area contributed by atoms with Crippen LogP contribution in [0.25, 0.3) is 6.08 Å². The first-order valence-corrected chi connectivity index (χ1v) is 9.27. The number of nitrogens with zero attached hydrogens (tertiary/aromatic N) is 3. The minimum atomic E-state index is -0.964. The van der Waals surface area contributed by atoms with Gasteiger partial charge in [-0.25, -0.2) is 0 Å². The minimum absolute atomic E-state index is 0.140. The van der Waals surface area contributed by atoms with E-state index in [-0.39, 0.29) is 17.5 Å². The second-order valence-corrected chi connectivity index (χ2v) is 7.08. The van der Waals surface area contributed by atoms with Crippen molar-refractivity contribution in [3.05, 3.63) is 77.0 Å². The van der Waals surface area contributed by atoms with Crippen LogP contribution in [0.3, 0.4) is 0 Å². The first kappa shape index (κ1) is 19.4. The Balaban J connectivity index is 2.04. The summed E-state index contributed by atoms with van der Waals surface area (Å²) in [6.45, 7) is 4.11. The first-order chi connectivity index (χ1) is 13.4. The van der Waals surface area contributed by atoms with Crippen molar-refractivity contribution in [2.75, 3.05) is 13.6 Å². The fraction of sp³-hybridized carbons (Fsp3) is 0.261. The lowest BCUT2D eigenvalue weighted by Crippen LogP contribution is -2.65. The summed E-state index contributed by atoms with van der Waals surface area (Å²) in [5, 5.41) is 9.32. The van der Waals surface area contributed by atoms with Gasteiger partial charge >= 0.3 is 0 Å². The number of carbonyl (C=O) groups excluding carboxylic acids is 2. The standard InChI is InChI=1S/C23H23N3O2/c1-4-26-21(27)20(14-18-12-8-9-13-19(18)16-24)25(3)22(28)23(26,2)15-17-10-6-5-7-11-17/h5-14H,4,15H2,1-3H3. The van der Waals surface area contributed by atoms with E-state index in [1.807, 2.05) is 44.2 Å². The Morgan fingerprint density at radius 3 is 2.36 bits per heavy atom. The van der Waals surface area contributed by atoms with Crippen molar-refractivity contribution in [1.82, 2.24) is 9.80 Å². The van der Waals surface area contributed by atoms with Crippen molar-refractivity contribution >= 4 is 17.9 Å². The molecule has 3 rings (SSSR count). The Morgan fingerprint density at radius 1 is 1.07 bits per heavy atom. The number of likely N-dealkylation sites (N-methyl/N-ethyl adjacent to an activating group) is 2. The smallest absolute Gasteiger partial charge is 0.271 e. The Morgan fingerprint density at radius 2 is 1.71 bits per heavy atom. The van der Waals surface area contributed by atoms with E-state index in [2.05, 4.69) is 6.07 Å². The molecule has 1 fully saturated rings. The van der Waals surface area contributed by atoms with E-state index in [0.717, 1.165) is 5.56 Å². The molecule has 0 aromatic heterocycles. The number of benzene rings is 2. The van der Waals surface area contributed by atoms with Crippen molar-refractivity contribution in [3.63, 3.8) is 0 Å². The maximum Gasteiger partial charge on any atom is 0.271 e. The van der Waals surface area contributed by atoms with Crippen molar-refractivity contribution in [3.8, 4) is 6.07 Å². The number of carbonyl (C=O) groups is 2. The molecule has 1 heterocycles. The lowest BCUT2D eigenvalue weighted by molar-refractivity contribution is -0.157. The van der Waals surface area contributed by atoms with Gasteiger partial charge in [-0.15, -0.1) is 0 Å². The molecule has 2 aromatic rings. The molecule has 1 aliphatic rings. The van der Waals surface area contributed by atoms with E-state index >= 15 is 0 Å². The molecule has 1 unspecified atom stereocenters. The monoisotopic (exact) mass is 373 g/mol. The van der Waals surface area contributed by atoms with Crippen molar-refractivity contribution < 1.29 is 9.59 Å². The summed E-state index contributed by atoms with van der Waals surface area (Å²) in [5.74, 6) is -0.353. The van der Waals surface area contributed by atoms with Crippen LogP contribution in [0.4, 0.5) is 0 Å². The summed E-state index contributed by atoms with van der Waals surface area (Å²) in [4.78, 5) is 29.7. The molecule has 2 amide bonds. The van der Waals surface area contributed by atoms with E-state index in [4.69, 9.17) is 0 Å². The number of rotatable bonds is 4. The van der Waals surface area contributed by atoms with Crippen LogP contribution in [0, 0.1) is 11.3 Å². The lowest BCUT2D eigenvalue weighted by Gasteiger charge is -2.47. The van der Waals surface area contributed by atoms with Gasteiger partial charge in [-0.05, 0) is 37.1 Å². The minimum Gasteiger partial charge on any atom is -0.323 e. The van der Waals surface area contributed by atoms with E-state index in [9.17, 15) is 14.9 Å². The summed E-state index contributed by atoms with van der Waals surface area (Å²) in [5.41, 5.74) is 1.40. The fourth-order valence-corrected chi connectivity index (χ4v) is 3.78. The highest BCUT2D eigenvalue weighted by Gasteiger charge is 2.49. The van der Waals surface area contributed by atoms with Crippen LogP contribution in [0.15, 0.2) is 60.3 Å². The van der Waals surface area contributed by atoms with Crippen LogP contribution in [-0.4, -0.2) is 40.7 Å². The van der Waals surface area contributed by atoms with Gasteiger partial charge in [0.15, 0.2) is 0 Å². The third kappa shape index (κ3) is 3.29. The average molecular weight is 373 g/mol. The van der Waals surface area contributed by atoms with Crippen LogP contribution in [-0.2, 0) is 16.0 Å². The molecule has 1 saturated heterocycles. The maximum absolute atomic E-state index is 13.3. The lowest BCUT2D eigenvalue weighted by atomic mass is 9.86. The van der Waals surface area contributed by atoms with Crippen LogP contribution in [0.2, 0.25) is 0 Å². The van der Waals surface area contributed by atoms with E-state index in [1.165, 1.54) is 4.90 Å². The SMILES string of the molecule is CCN1C(=O)C(=Cc2ccccc2C#N)N(C)C(=O)C1(C)Cc1ccccc1. The highest BCUT2D eigenvalue weighted by Crippen LogP contribution is 2.32. The molecule has 0 N–H and O–H groups in total. The Labute approximate surface area is 165 Å². The highest BCUT2D eigenvalue weighted by molar-refractivity contribution is 6.09. The summed E-state index contributed by atoms with van der Waals surface area (Å²) in [7, 11) is 1.62. The molecule has 0 saturated carbocycles. The molecule has 0 radical (unpaired) electrons. The van der Waals surface area contributed by atoms with Gasteiger partial charge in [-0.3, -0.25) is 9.59 Å². The topological polar surface area (TPSA) is 64.4 Å². The Hall–Kier alpha value is -3.39. The number of piperazine rings is 1. The van der Waals surface area contributed by atoms with Crippen LogP contribution >= 0.6 is 0 Å². The molecule has 0 spiro atoms. The van der Waals surface area contributed by atoms with E-state index < -0.39 is 5.54 Å². The summed E-state index contributed by atoms with van der Waals surface area (Å²) >= 11 is 0. The number of nitriles is 1. The van der Waals surface area contributed by atoms with Gasteiger partial charge in [-0.2, -0.15) is 5.26 Å². The quantitative estimate of drug-likeness (QED) is 0.773. The summed E-state index contributed by atoms with van der Waals surface area (Å²) in [6.07, 6.45) is 2.07. The van der Waals surface area contributed by atoms with Crippen LogP contribution < -0.4 is 0 Å². The molecule has 5 heteroatoms. The predicted octanol–water partition coefficient (Wildman–Crippen LogP) is 3.22. The second-order valence-electron chi connectivity index (χ2n) is 7.08. The van der Waals surface area contributed by atoms with Gasteiger partial charge in [0.1, 0.15) is 11.2 Å². The second kappa shape index (κ2) is 7.69. The van der Waals surface area contributed by atoms with Crippen molar-refractivity contribution in [2.45, 2.75) is 25.8 Å². The molecule has 5 nitrogen and oxygen atoms in total. The van der Waals surface area contributed by atoms with E-state index in [0.29, 0.717) is 24.1 Å². The predicted molar refractivity (Wildman–Crippen MR) is 108 cm³/mol. The first-order valence-electron chi connectivity index (χ1n) is 9.27. The molecule has 28 heavy (non-hydrogen) atoms. The molecule has 2 aromatic carbocycles. The van der Waals surface area contributed by atoms with Gasteiger partial charge in [0.2, 0.25) is 0 Å². The Bertz CT molecular complexity index is 975. The normalized spacial score (nSPS) is 21.1. The van der Waals surface area contributed by atoms with Crippen molar-refractivity contribution in [1.29, 1.82) is 5.26 Å². The number of amides is 2. The largest absolute Gasteiger partial charge is 0.323 e. The molecular formula is C23H23N3O2. The zero-order valence-electron chi connectivity index (χ0n) is 16.3.